The van der Waals surface area contributed by atoms with Crippen LogP contribution in [0.5, 0.6) is 5.75 Å². The average molecular weight is 265 g/mol. The van der Waals surface area contributed by atoms with Gasteiger partial charge in [0.1, 0.15) is 5.75 Å². The molecule has 0 aliphatic carbocycles. The molecule has 0 bridgehead atoms. The van der Waals surface area contributed by atoms with Gasteiger partial charge in [-0.15, -0.1) is 0 Å². The second-order valence-corrected chi connectivity index (χ2v) is 3.69. The van der Waals surface area contributed by atoms with Gasteiger partial charge in [0.15, 0.2) is 5.82 Å². The van der Waals surface area contributed by atoms with E-state index in [1.807, 2.05) is 18.2 Å². The third-order valence-electron chi connectivity index (χ3n) is 1.99. The fourth-order valence-electron chi connectivity index (χ4n) is 1.28. The summed E-state index contributed by atoms with van der Waals surface area (Å²) in [7, 11) is 1.63. The first-order valence-electron chi connectivity index (χ1n) is 4.43. The normalized spacial score (nSPS) is 10.0. The van der Waals surface area contributed by atoms with Crippen LogP contribution >= 0.6 is 15.9 Å². The van der Waals surface area contributed by atoms with Gasteiger partial charge >= 0.3 is 0 Å². The highest BCUT2D eigenvalue weighted by molar-refractivity contribution is 9.10. The monoisotopic (exact) mass is 264 g/mol. The van der Waals surface area contributed by atoms with Crippen molar-refractivity contribution in [1.29, 1.82) is 0 Å². The van der Waals surface area contributed by atoms with Crippen molar-refractivity contribution in [2.75, 3.05) is 7.11 Å². The molecule has 0 atom stereocenters. The third-order valence-corrected chi connectivity index (χ3v) is 2.81. The summed E-state index contributed by atoms with van der Waals surface area (Å²) in [5.41, 5.74) is 0.926. The summed E-state index contributed by atoms with van der Waals surface area (Å²) >= 11 is 3.47. The van der Waals surface area contributed by atoms with Gasteiger partial charge < -0.3 is 4.74 Å². The van der Waals surface area contributed by atoms with Crippen LogP contribution in [0.2, 0.25) is 0 Å². The van der Waals surface area contributed by atoms with Crippen LogP contribution in [0, 0.1) is 0 Å². The van der Waals surface area contributed by atoms with Crippen LogP contribution in [0.15, 0.2) is 41.1 Å². The van der Waals surface area contributed by atoms with Gasteiger partial charge in [0.05, 0.1) is 11.6 Å². The Morgan fingerprint density at radius 3 is 2.53 bits per heavy atom. The topological polar surface area (TPSA) is 35.0 Å². The van der Waals surface area contributed by atoms with E-state index in [0.29, 0.717) is 5.82 Å². The first-order chi connectivity index (χ1) is 7.33. The number of methoxy groups -OCH3 is 1. The molecule has 0 amide bonds. The molecule has 0 saturated heterocycles. The molecule has 2 aromatic rings. The molecule has 4 heteroatoms. The fourth-order valence-corrected chi connectivity index (χ4v) is 1.88. The van der Waals surface area contributed by atoms with E-state index in [2.05, 4.69) is 25.9 Å². The van der Waals surface area contributed by atoms with E-state index in [1.54, 1.807) is 25.6 Å². The smallest absolute Gasteiger partial charge is 0.160 e. The summed E-state index contributed by atoms with van der Waals surface area (Å²) in [6, 6.07) is 7.53. The minimum atomic E-state index is 0.684. The summed E-state index contributed by atoms with van der Waals surface area (Å²) < 4.78 is 6.08. The maximum absolute atomic E-state index is 5.20. The SMILES string of the molecule is COc1cccc(-c2ncccn2)c1Br. The number of hydrogen-bond donors (Lipinski definition) is 0. The molecule has 0 unspecified atom stereocenters. The Bertz CT molecular complexity index is 459. The molecule has 0 radical (unpaired) electrons. The highest BCUT2D eigenvalue weighted by Gasteiger charge is 2.09. The van der Waals surface area contributed by atoms with Crippen LogP contribution in [0.1, 0.15) is 0 Å². The van der Waals surface area contributed by atoms with Gasteiger partial charge in [-0.2, -0.15) is 0 Å². The molecule has 1 heterocycles. The quantitative estimate of drug-likeness (QED) is 0.837. The minimum Gasteiger partial charge on any atom is -0.496 e. The zero-order chi connectivity index (χ0) is 10.7. The number of aromatic nitrogens is 2. The lowest BCUT2D eigenvalue weighted by atomic mass is 10.2. The predicted octanol–water partition coefficient (Wildman–Crippen LogP) is 2.91. The Morgan fingerprint density at radius 2 is 1.87 bits per heavy atom. The predicted molar refractivity (Wildman–Crippen MR) is 61.7 cm³/mol. The van der Waals surface area contributed by atoms with Crippen molar-refractivity contribution in [3.63, 3.8) is 0 Å². The van der Waals surface area contributed by atoms with Crippen LogP contribution in [0.4, 0.5) is 0 Å². The average Bonchev–Trinajstić information content (AvgIpc) is 2.30. The second kappa shape index (κ2) is 4.40. The number of benzene rings is 1. The van der Waals surface area contributed by atoms with Crippen LogP contribution < -0.4 is 4.74 Å². The zero-order valence-corrected chi connectivity index (χ0v) is 9.73. The Kier molecular flexibility index (Phi) is 2.97. The van der Waals surface area contributed by atoms with Crippen molar-refractivity contribution < 1.29 is 4.74 Å². The number of halogens is 1. The second-order valence-electron chi connectivity index (χ2n) is 2.89. The van der Waals surface area contributed by atoms with Crippen molar-refractivity contribution >= 4 is 15.9 Å². The van der Waals surface area contributed by atoms with Gasteiger partial charge in [-0.25, -0.2) is 9.97 Å². The Morgan fingerprint density at radius 1 is 1.13 bits per heavy atom. The molecule has 0 N–H and O–H groups in total. The van der Waals surface area contributed by atoms with Crippen LogP contribution in [0.25, 0.3) is 11.4 Å². The molecule has 1 aromatic heterocycles. The maximum Gasteiger partial charge on any atom is 0.160 e. The molecule has 1 aromatic carbocycles. The van der Waals surface area contributed by atoms with Crippen molar-refractivity contribution in [2.45, 2.75) is 0 Å². The Hall–Kier alpha value is -1.42. The summed E-state index contributed by atoms with van der Waals surface area (Å²) in [6.45, 7) is 0. The van der Waals surface area contributed by atoms with Crippen molar-refractivity contribution in [3.05, 3.63) is 41.1 Å². The number of rotatable bonds is 2. The lowest BCUT2D eigenvalue weighted by Gasteiger charge is -2.07. The van der Waals surface area contributed by atoms with Gasteiger partial charge in [0.25, 0.3) is 0 Å². The first-order valence-corrected chi connectivity index (χ1v) is 5.22. The minimum absolute atomic E-state index is 0.684. The van der Waals surface area contributed by atoms with E-state index >= 15 is 0 Å². The van der Waals surface area contributed by atoms with Crippen LogP contribution in [-0.2, 0) is 0 Å². The van der Waals surface area contributed by atoms with E-state index < -0.39 is 0 Å². The summed E-state index contributed by atoms with van der Waals surface area (Å²) in [5, 5.41) is 0. The van der Waals surface area contributed by atoms with Gasteiger partial charge in [0, 0.05) is 18.0 Å². The number of hydrogen-bond acceptors (Lipinski definition) is 3. The molecule has 2 rings (SSSR count). The fraction of sp³-hybridized carbons (Fsp3) is 0.0909. The van der Waals surface area contributed by atoms with Crippen LogP contribution in [0.3, 0.4) is 0 Å². The molecule has 0 saturated carbocycles. The molecule has 3 nitrogen and oxygen atoms in total. The van der Waals surface area contributed by atoms with E-state index in [-0.39, 0.29) is 0 Å². The highest BCUT2D eigenvalue weighted by Crippen LogP contribution is 2.33. The van der Waals surface area contributed by atoms with E-state index in [9.17, 15) is 0 Å². The first kappa shape index (κ1) is 10.1. The third kappa shape index (κ3) is 1.99. The molecule has 76 valence electrons. The number of ether oxygens (including phenoxy) is 1. The zero-order valence-electron chi connectivity index (χ0n) is 8.14. The molecule has 0 fully saturated rings. The van der Waals surface area contributed by atoms with Gasteiger partial charge in [0.2, 0.25) is 0 Å². The van der Waals surface area contributed by atoms with Crippen molar-refractivity contribution in [3.8, 4) is 17.1 Å². The van der Waals surface area contributed by atoms with E-state index in [0.717, 1.165) is 15.8 Å². The lowest BCUT2D eigenvalue weighted by Crippen LogP contribution is -1.90. The summed E-state index contributed by atoms with van der Waals surface area (Å²) in [4.78, 5) is 8.38. The van der Waals surface area contributed by atoms with Crippen molar-refractivity contribution in [1.82, 2.24) is 9.97 Å². The van der Waals surface area contributed by atoms with Crippen molar-refractivity contribution in [2.24, 2.45) is 0 Å². The molecule has 0 aliphatic rings. The van der Waals surface area contributed by atoms with E-state index in [4.69, 9.17) is 4.74 Å². The van der Waals surface area contributed by atoms with E-state index in [1.165, 1.54) is 0 Å². The van der Waals surface area contributed by atoms with Gasteiger partial charge in [-0.05, 0) is 34.1 Å². The van der Waals surface area contributed by atoms with Crippen LogP contribution in [-0.4, -0.2) is 17.1 Å². The highest BCUT2D eigenvalue weighted by atomic mass is 79.9. The summed E-state index contributed by atoms with van der Waals surface area (Å²) in [5.74, 6) is 1.46. The molecular weight excluding hydrogens is 256 g/mol. The Balaban J connectivity index is 2.54. The lowest BCUT2D eigenvalue weighted by molar-refractivity contribution is 0.412. The van der Waals surface area contributed by atoms with Gasteiger partial charge in [-0.3, -0.25) is 0 Å². The molecule has 0 spiro atoms. The number of nitrogens with zero attached hydrogens (tertiary/aromatic N) is 2. The maximum atomic E-state index is 5.20. The molecule has 0 aliphatic heterocycles. The molecule has 15 heavy (non-hydrogen) atoms. The largest absolute Gasteiger partial charge is 0.496 e. The molecular formula is C11H9BrN2O. The van der Waals surface area contributed by atoms with Gasteiger partial charge in [-0.1, -0.05) is 6.07 Å². The summed E-state index contributed by atoms with van der Waals surface area (Å²) in [6.07, 6.45) is 3.43. The standard InChI is InChI=1S/C11H9BrN2O/c1-15-9-5-2-4-8(10(9)12)11-13-6-3-7-14-11/h2-7H,1H3. The Labute approximate surface area is 96.3 Å².